The highest BCUT2D eigenvalue weighted by atomic mass is 16.5. The van der Waals surface area contributed by atoms with E-state index in [9.17, 15) is 9.59 Å². The Morgan fingerprint density at radius 1 is 1.15 bits per heavy atom. The molecule has 2 aromatic carbocycles. The van der Waals surface area contributed by atoms with Crippen LogP contribution >= 0.6 is 0 Å². The van der Waals surface area contributed by atoms with E-state index in [1.54, 1.807) is 25.3 Å². The molecule has 0 N–H and O–H groups in total. The molecule has 1 aliphatic heterocycles. The third-order valence-electron chi connectivity index (χ3n) is 5.27. The van der Waals surface area contributed by atoms with Crippen LogP contribution in [0.4, 0.5) is 0 Å². The van der Waals surface area contributed by atoms with E-state index in [0.29, 0.717) is 24.3 Å². The number of hydrogen-bond donors (Lipinski definition) is 0. The van der Waals surface area contributed by atoms with Crippen LogP contribution in [0.5, 0.6) is 11.5 Å². The first-order valence-electron chi connectivity index (χ1n) is 8.84. The van der Waals surface area contributed by atoms with E-state index in [1.165, 1.54) is 0 Å². The Hall–Kier alpha value is -2.88. The van der Waals surface area contributed by atoms with E-state index < -0.39 is 11.4 Å². The molecule has 4 heteroatoms. The maximum Gasteiger partial charge on any atom is 0.329 e. The van der Waals surface area contributed by atoms with Crippen molar-refractivity contribution in [3.63, 3.8) is 0 Å². The fourth-order valence-electron chi connectivity index (χ4n) is 4.05. The average Bonchev–Trinajstić information content (AvgIpc) is 2.63. The molecule has 1 aliphatic carbocycles. The molecule has 0 aromatic heterocycles. The van der Waals surface area contributed by atoms with Crippen LogP contribution in [0.15, 0.2) is 54.6 Å². The molecule has 2 atom stereocenters. The summed E-state index contributed by atoms with van der Waals surface area (Å²) >= 11 is 0. The van der Waals surface area contributed by atoms with E-state index in [-0.39, 0.29) is 11.7 Å². The predicted molar refractivity (Wildman–Crippen MR) is 98.1 cm³/mol. The molecule has 1 heterocycles. The van der Waals surface area contributed by atoms with E-state index in [0.717, 1.165) is 16.7 Å². The van der Waals surface area contributed by atoms with Gasteiger partial charge in [0.1, 0.15) is 11.5 Å². The van der Waals surface area contributed by atoms with Crippen LogP contribution in [-0.2, 0) is 9.59 Å². The van der Waals surface area contributed by atoms with Gasteiger partial charge in [-0.3, -0.25) is 9.59 Å². The van der Waals surface area contributed by atoms with Gasteiger partial charge < -0.3 is 9.47 Å². The lowest BCUT2D eigenvalue weighted by Gasteiger charge is -2.48. The van der Waals surface area contributed by atoms with Gasteiger partial charge >= 0.3 is 5.97 Å². The zero-order valence-electron chi connectivity index (χ0n) is 14.8. The van der Waals surface area contributed by atoms with Crippen molar-refractivity contribution in [2.45, 2.75) is 25.7 Å². The van der Waals surface area contributed by atoms with E-state index >= 15 is 0 Å². The third-order valence-corrected chi connectivity index (χ3v) is 5.27. The van der Waals surface area contributed by atoms with Gasteiger partial charge in [-0.25, -0.2) is 0 Å². The standard InChI is InChI=1S/C22H20O4/c1-3-8-18(23)22-13-15(14-9-5-4-6-10-14)20(22)19-16(25-2)11-7-12-17(19)26-21(22)24/h4-7,9-13,20H,3,8H2,1-2H3/t20-,22+/m0/s1. The number of Topliss-reactive ketones (excluding diaryl/α,β-unsaturated/α-hetero) is 1. The fraction of sp³-hybridized carbons (Fsp3) is 0.273. The number of rotatable bonds is 5. The number of allylic oxidation sites excluding steroid dienone is 1. The number of hydrogen-bond acceptors (Lipinski definition) is 4. The monoisotopic (exact) mass is 348 g/mol. The van der Waals surface area contributed by atoms with Gasteiger partial charge in [0, 0.05) is 17.9 Å². The van der Waals surface area contributed by atoms with Gasteiger partial charge in [-0.05, 0) is 29.7 Å². The highest BCUT2D eigenvalue weighted by Crippen LogP contribution is 2.63. The number of methoxy groups -OCH3 is 1. The highest BCUT2D eigenvalue weighted by Gasteiger charge is 2.62. The van der Waals surface area contributed by atoms with Crippen molar-refractivity contribution in [2.75, 3.05) is 7.11 Å². The summed E-state index contributed by atoms with van der Waals surface area (Å²) in [5, 5.41) is 0. The molecular weight excluding hydrogens is 328 g/mol. The first-order chi connectivity index (χ1) is 12.6. The van der Waals surface area contributed by atoms with Gasteiger partial charge in [-0.1, -0.05) is 49.4 Å². The van der Waals surface area contributed by atoms with Crippen molar-refractivity contribution >= 4 is 17.3 Å². The number of carbonyl (C=O) groups is 2. The summed E-state index contributed by atoms with van der Waals surface area (Å²) in [6.45, 7) is 1.94. The molecule has 26 heavy (non-hydrogen) atoms. The smallest absolute Gasteiger partial charge is 0.329 e. The van der Waals surface area contributed by atoms with E-state index in [1.807, 2.05) is 43.3 Å². The molecule has 0 bridgehead atoms. The summed E-state index contributed by atoms with van der Waals surface area (Å²) in [6, 6.07) is 15.2. The summed E-state index contributed by atoms with van der Waals surface area (Å²) < 4.78 is 11.1. The van der Waals surface area contributed by atoms with Crippen LogP contribution in [0, 0.1) is 5.41 Å². The van der Waals surface area contributed by atoms with Crippen molar-refractivity contribution in [3.8, 4) is 11.5 Å². The van der Waals surface area contributed by atoms with E-state index in [4.69, 9.17) is 9.47 Å². The largest absolute Gasteiger partial charge is 0.496 e. The maximum atomic E-state index is 13.0. The molecule has 0 fully saturated rings. The van der Waals surface area contributed by atoms with E-state index in [2.05, 4.69) is 0 Å². The highest BCUT2D eigenvalue weighted by molar-refractivity contribution is 6.16. The predicted octanol–water partition coefficient (Wildman–Crippen LogP) is 4.15. The third kappa shape index (κ3) is 2.15. The number of carbonyl (C=O) groups excluding carboxylic acids is 2. The first-order valence-corrected chi connectivity index (χ1v) is 8.84. The average molecular weight is 348 g/mol. The summed E-state index contributed by atoms with van der Waals surface area (Å²) in [5.74, 6) is 0.153. The lowest BCUT2D eigenvalue weighted by Crippen LogP contribution is -2.53. The lowest BCUT2D eigenvalue weighted by atomic mass is 9.54. The second kappa shape index (κ2) is 6.13. The first kappa shape index (κ1) is 16.6. The molecule has 4 nitrogen and oxygen atoms in total. The quantitative estimate of drug-likeness (QED) is 0.463. The van der Waals surface area contributed by atoms with Crippen molar-refractivity contribution in [3.05, 3.63) is 65.7 Å². The van der Waals surface area contributed by atoms with Crippen molar-refractivity contribution in [1.82, 2.24) is 0 Å². The Bertz CT molecular complexity index is 913. The van der Waals surface area contributed by atoms with Gasteiger partial charge in [-0.15, -0.1) is 0 Å². The van der Waals surface area contributed by atoms with Gasteiger partial charge in [-0.2, -0.15) is 0 Å². The zero-order valence-corrected chi connectivity index (χ0v) is 14.8. The topological polar surface area (TPSA) is 52.6 Å². The summed E-state index contributed by atoms with van der Waals surface area (Å²) in [5.41, 5.74) is 1.50. The van der Waals surface area contributed by atoms with Crippen LogP contribution in [0.3, 0.4) is 0 Å². The number of ether oxygens (including phenoxy) is 2. The Morgan fingerprint density at radius 2 is 1.92 bits per heavy atom. The van der Waals surface area contributed by atoms with Crippen molar-refractivity contribution in [2.24, 2.45) is 5.41 Å². The van der Waals surface area contributed by atoms with Crippen molar-refractivity contribution < 1.29 is 19.1 Å². The zero-order chi connectivity index (χ0) is 18.3. The molecule has 0 amide bonds. The van der Waals surface area contributed by atoms with Gasteiger partial charge in [0.05, 0.1) is 7.11 Å². The number of ketones is 1. The van der Waals surface area contributed by atoms with Gasteiger partial charge in [0.25, 0.3) is 0 Å². The molecule has 0 spiro atoms. The Labute approximate surface area is 152 Å². The number of esters is 1. The molecule has 0 unspecified atom stereocenters. The van der Waals surface area contributed by atoms with Crippen LogP contribution in [0.1, 0.15) is 36.8 Å². The maximum absolute atomic E-state index is 13.0. The Morgan fingerprint density at radius 3 is 2.62 bits per heavy atom. The van der Waals surface area contributed by atoms with Crippen LogP contribution in [0.2, 0.25) is 0 Å². The van der Waals surface area contributed by atoms with Gasteiger partial charge in [0.15, 0.2) is 11.2 Å². The fourth-order valence-corrected chi connectivity index (χ4v) is 4.05. The SMILES string of the molecule is CCCC(=O)[C@]12C=C(c3ccccc3)[C@H]1c1c(OC)cccc1OC2=O. The normalized spacial score (nSPS) is 23.1. The second-order valence-electron chi connectivity index (χ2n) is 6.70. The minimum absolute atomic E-state index is 0.0914. The van der Waals surface area contributed by atoms with Crippen LogP contribution < -0.4 is 9.47 Å². The summed E-state index contributed by atoms with van der Waals surface area (Å²) in [4.78, 5) is 25.9. The molecule has 0 saturated heterocycles. The van der Waals surface area contributed by atoms with Crippen LogP contribution in [-0.4, -0.2) is 18.9 Å². The molecule has 0 saturated carbocycles. The van der Waals surface area contributed by atoms with Crippen molar-refractivity contribution in [1.29, 1.82) is 0 Å². The minimum Gasteiger partial charge on any atom is -0.496 e. The van der Waals surface area contributed by atoms with Crippen LogP contribution in [0.25, 0.3) is 5.57 Å². The molecular formula is C22H20O4. The lowest BCUT2D eigenvalue weighted by molar-refractivity contribution is -0.152. The number of fused-ring (bicyclic) bond motifs is 3. The Balaban J connectivity index is 1.95. The summed E-state index contributed by atoms with van der Waals surface area (Å²) in [6.07, 6.45) is 2.82. The molecule has 4 rings (SSSR count). The molecule has 0 radical (unpaired) electrons. The molecule has 132 valence electrons. The molecule has 2 aliphatic rings. The number of benzene rings is 2. The minimum atomic E-state index is -1.25. The summed E-state index contributed by atoms with van der Waals surface area (Å²) in [7, 11) is 1.59. The second-order valence-corrected chi connectivity index (χ2v) is 6.70. The molecule has 2 aromatic rings. The Kier molecular flexibility index (Phi) is 3.91. The van der Waals surface area contributed by atoms with Gasteiger partial charge in [0.2, 0.25) is 0 Å².